The quantitative estimate of drug-likeness (QED) is 0.804. The fourth-order valence-electron chi connectivity index (χ4n) is 2.18. The molecule has 5 heteroatoms. The van der Waals surface area contributed by atoms with Gasteiger partial charge in [-0.05, 0) is 50.3 Å². The summed E-state index contributed by atoms with van der Waals surface area (Å²) in [6.45, 7) is 6.90. The van der Waals surface area contributed by atoms with E-state index in [-0.39, 0.29) is 5.91 Å². The summed E-state index contributed by atoms with van der Waals surface area (Å²) < 4.78 is 0. The van der Waals surface area contributed by atoms with E-state index in [4.69, 9.17) is 0 Å². The molecule has 0 aromatic carbocycles. The van der Waals surface area contributed by atoms with Crippen molar-refractivity contribution in [2.24, 2.45) is 0 Å². The van der Waals surface area contributed by atoms with Gasteiger partial charge in [-0.3, -0.25) is 9.89 Å². The highest BCUT2D eigenvalue weighted by molar-refractivity contribution is 7.14. The van der Waals surface area contributed by atoms with Crippen molar-refractivity contribution in [3.05, 3.63) is 38.8 Å². The number of aryl methyl sites for hydroxylation is 4. The Morgan fingerprint density at radius 2 is 2.20 bits per heavy atom. The van der Waals surface area contributed by atoms with Gasteiger partial charge >= 0.3 is 0 Å². The summed E-state index contributed by atoms with van der Waals surface area (Å²) in [5.41, 5.74) is 3.60. The zero-order valence-corrected chi connectivity index (χ0v) is 13.1. The maximum Gasteiger partial charge on any atom is 0.261 e. The number of rotatable bonds is 6. The second-order valence-electron chi connectivity index (χ2n) is 4.93. The molecule has 0 atom stereocenters. The minimum atomic E-state index is 0.0433. The van der Waals surface area contributed by atoms with Gasteiger partial charge in [0.05, 0.1) is 11.1 Å². The van der Waals surface area contributed by atoms with Crippen molar-refractivity contribution in [2.75, 3.05) is 6.54 Å². The van der Waals surface area contributed by atoms with Crippen LogP contribution in [0.4, 0.5) is 0 Å². The van der Waals surface area contributed by atoms with Gasteiger partial charge in [0.15, 0.2) is 0 Å². The molecule has 2 aromatic heterocycles. The van der Waals surface area contributed by atoms with Gasteiger partial charge in [-0.2, -0.15) is 5.10 Å². The van der Waals surface area contributed by atoms with Crippen molar-refractivity contribution in [3.8, 4) is 0 Å². The van der Waals surface area contributed by atoms with Crippen molar-refractivity contribution in [1.29, 1.82) is 0 Å². The summed E-state index contributed by atoms with van der Waals surface area (Å²) in [7, 11) is 0. The third kappa shape index (κ3) is 3.48. The van der Waals surface area contributed by atoms with E-state index in [1.807, 2.05) is 19.2 Å². The second-order valence-corrected chi connectivity index (χ2v) is 6.18. The third-order valence-corrected chi connectivity index (χ3v) is 4.56. The first-order valence-corrected chi connectivity index (χ1v) is 7.79. The standard InChI is InChI=1S/C15H21N3OS/c1-4-12-8-14(20-11(12)3)15(19)16-7-5-6-13-9-17-18-10(13)2/h8-9H,4-7H2,1-3H3,(H,16,19)(H,17,18). The summed E-state index contributed by atoms with van der Waals surface area (Å²) in [5, 5.41) is 9.90. The summed E-state index contributed by atoms with van der Waals surface area (Å²) in [4.78, 5) is 14.1. The molecule has 2 heterocycles. The Labute approximate surface area is 123 Å². The lowest BCUT2D eigenvalue weighted by Gasteiger charge is -2.03. The number of carbonyl (C=O) groups excluding carboxylic acids is 1. The van der Waals surface area contributed by atoms with Crippen LogP contribution in [-0.4, -0.2) is 22.6 Å². The van der Waals surface area contributed by atoms with E-state index >= 15 is 0 Å². The summed E-state index contributed by atoms with van der Waals surface area (Å²) in [5.74, 6) is 0.0433. The van der Waals surface area contributed by atoms with E-state index in [0.29, 0.717) is 6.54 Å². The second kappa shape index (κ2) is 6.70. The van der Waals surface area contributed by atoms with Crippen LogP contribution >= 0.6 is 11.3 Å². The van der Waals surface area contributed by atoms with Gasteiger partial charge in [0.1, 0.15) is 0 Å². The molecule has 1 amide bonds. The first-order chi connectivity index (χ1) is 9.61. The number of nitrogens with one attached hydrogen (secondary N) is 2. The first-order valence-electron chi connectivity index (χ1n) is 6.98. The SMILES string of the molecule is CCc1cc(C(=O)NCCCc2cn[nH]c2C)sc1C. The summed E-state index contributed by atoms with van der Waals surface area (Å²) in [6.07, 6.45) is 4.70. The van der Waals surface area contributed by atoms with Crippen molar-refractivity contribution < 1.29 is 4.79 Å². The molecule has 2 rings (SSSR count). The molecule has 0 radical (unpaired) electrons. The van der Waals surface area contributed by atoms with Crippen LogP contribution in [0.5, 0.6) is 0 Å². The fraction of sp³-hybridized carbons (Fsp3) is 0.467. The number of aromatic amines is 1. The Balaban J connectivity index is 1.79. The Hall–Kier alpha value is -1.62. The first kappa shape index (κ1) is 14.8. The predicted octanol–water partition coefficient (Wildman–Crippen LogP) is 3.01. The van der Waals surface area contributed by atoms with Gasteiger partial charge < -0.3 is 5.32 Å². The molecule has 0 saturated carbocycles. The normalized spacial score (nSPS) is 10.8. The van der Waals surface area contributed by atoms with Crippen LogP contribution in [0, 0.1) is 13.8 Å². The van der Waals surface area contributed by atoms with E-state index in [1.165, 1.54) is 16.0 Å². The Morgan fingerprint density at radius 3 is 2.80 bits per heavy atom. The maximum atomic E-state index is 12.0. The van der Waals surface area contributed by atoms with Gasteiger partial charge in [-0.15, -0.1) is 11.3 Å². The predicted molar refractivity (Wildman–Crippen MR) is 82.4 cm³/mol. The Morgan fingerprint density at radius 1 is 1.40 bits per heavy atom. The number of H-pyrrole nitrogens is 1. The topological polar surface area (TPSA) is 57.8 Å². The molecule has 0 fully saturated rings. The number of nitrogens with zero attached hydrogens (tertiary/aromatic N) is 1. The lowest BCUT2D eigenvalue weighted by atomic mass is 10.1. The van der Waals surface area contributed by atoms with Crippen LogP contribution in [0.25, 0.3) is 0 Å². The van der Waals surface area contributed by atoms with Gasteiger partial charge in [0.25, 0.3) is 5.91 Å². The molecular weight excluding hydrogens is 270 g/mol. The molecule has 20 heavy (non-hydrogen) atoms. The zero-order valence-electron chi connectivity index (χ0n) is 12.2. The van der Waals surface area contributed by atoms with E-state index in [0.717, 1.165) is 29.8 Å². The molecule has 2 N–H and O–H groups in total. The lowest BCUT2D eigenvalue weighted by Crippen LogP contribution is -2.23. The van der Waals surface area contributed by atoms with E-state index in [9.17, 15) is 4.79 Å². The molecule has 0 saturated heterocycles. The molecular formula is C15H21N3OS. The number of aromatic nitrogens is 2. The smallest absolute Gasteiger partial charge is 0.261 e. The molecule has 2 aromatic rings. The Kier molecular flexibility index (Phi) is 4.95. The molecule has 0 unspecified atom stereocenters. The average molecular weight is 291 g/mol. The summed E-state index contributed by atoms with van der Waals surface area (Å²) >= 11 is 1.58. The fourth-order valence-corrected chi connectivity index (χ4v) is 3.21. The molecule has 0 aliphatic heterocycles. The zero-order chi connectivity index (χ0) is 14.5. The van der Waals surface area contributed by atoms with Gasteiger partial charge in [-0.1, -0.05) is 6.92 Å². The third-order valence-electron chi connectivity index (χ3n) is 3.47. The van der Waals surface area contributed by atoms with Crippen LogP contribution in [0.1, 0.15) is 44.7 Å². The minimum Gasteiger partial charge on any atom is -0.351 e. The van der Waals surface area contributed by atoms with Crippen molar-refractivity contribution in [3.63, 3.8) is 0 Å². The van der Waals surface area contributed by atoms with Crippen LogP contribution in [0.3, 0.4) is 0 Å². The van der Waals surface area contributed by atoms with Crippen molar-refractivity contribution in [1.82, 2.24) is 15.5 Å². The Bertz CT molecular complexity index is 586. The van der Waals surface area contributed by atoms with E-state index < -0.39 is 0 Å². The number of carbonyl (C=O) groups is 1. The molecule has 0 spiro atoms. The highest BCUT2D eigenvalue weighted by atomic mass is 32.1. The summed E-state index contributed by atoms with van der Waals surface area (Å²) in [6, 6.07) is 2.01. The number of amides is 1. The number of hydrogen-bond acceptors (Lipinski definition) is 3. The maximum absolute atomic E-state index is 12.0. The largest absolute Gasteiger partial charge is 0.351 e. The number of thiophene rings is 1. The monoisotopic (exact) mass is 291 g/mol. The lowest BCUT2D eigenvalue weighted by molar-refractivity contribution is 0.0957. The van der Waals surface area contributed by atoms with Crippen molar-refractivity contribution >= 4 is 17.2 Å². The van der Waals surface area contributed by atoms with Gasteiger partial charge in [0.2, 0.25) is 0 Å². The molecule has 4 nitrogen and oxygen atoms in total. The van der Waals surface area contributed by atoms with Crippen LogP contribution in [-0.2, 0) is 12.8 Å². The average Bonchev–Trinajstić information content (AvgIpc) is 3.00. The van der Waals surface area contributed by atoms with Crippen LogP contribution in [0.15, 0.2) is 12.3 Å². The van der Waals surface area contributed by atoms with E-state index in [1.54, 1.807) is 11.3 Å². The van der Waals surface area contributed by atoms with Crippen LogP contribution in [0.2, 0.25) is 0 Å². The molecule has 108 valence electrons. The van der Waals surface area contributed by atoms with Gasteiger partial charge in [0, 0.05) is 17.1 Å². The number of hydrogen-bond donors (Lipinski definition) is 2. The highest BCUT2D eigenvalue weighted by Crippen LogP contribution is 2.21. The van der Waals surface area contributed by atoms with Gasteiger partial charge in [-0.25, -0.2) is 0 Å². The highest BCUT2D eigenvalue weighted by Gasteiger charge is 2.11. The van der Waals surface area contributed by atoms with E-state index in [2.05, 4.69) is 29.4 Å². The minimum absolute atomic E-state index is 0.0433. The molecule has 0 aliphatic rings. The van der Waals surface area contributed by atoms with Crippen molar-refractivity contribution in [2.45, 2.75) is 40.0 Å². The van der Waals surface area contributed by atoms with Crippen LogP contribution < -0.4 is 5.32 Å². The molecule has 0 aliphatic carbocycles. The molecule has 0 bridgehead atoms.